The molecule has 1 aromatic rings. The van der Waals surface area contributed by atoms with Gasteiger partial charge in [0.2, 0.25) is 0 Å². The fraction of sp³-hybridized carbons (Fsp3) is 0.550. The lowest BCUT2D eigenvalue weighted by molar-refractivity contribution is 0.376. The molecule has 26 heavy (non-hydrogen) atoms. The quantitative estimate of drug-likeness (QED) is 0.302. The summed E-state index contributed by atoms with van der Waals surface area (Å²) in [6.07, 6.45) is 4.45. The fourth-order valence-electron chi connectivity index (χ4n) is 3.33. The van der Waals surface area contributed by atoms with Crippen LogP contribution in [-0.2, 0) is 6.54 Å². The van der Waals surface area contributed by atoms with Crippen molar-refractivity contribution in [2.75, 3.05) is 43.4 Å². The Kier molecular flexibility index (Phi) is 8.13. The Labute approximate surface area is 179 Å². The first-order valence-corrected chi connectivity index (χ1v) is 10.2. The minimum absolute atomic E-state index is 0. The van der Waals surface area contributed by atoms with Crippen molar-refractivity contribution in [2.45, 2.75) is 32.1 Å². The van der Waals surface area contributed by atoms with Gasteiger partial charge in [-0.1, -0.05) is 24.3 Å². The number of hydrogen-bond acceptors (Lipinski definition) is 3. The van der Waals surface area contributed by atoms with Crippen LogP contribution in [0.15, 0.2) is 41.4 Å². The van der Waals surface area contributed by atoms with E-state index in [1.54, 1.807) is 0 Å². The second-order valence-electron chi connectivity index (χ2n) is 7.25. The molecule has 1 N–H and O–H groups in total. The van der Waals surface area contributed by atoms with Gasteiger partial charge >= 0.3 is 0 Å². The summed E-state index contributed by atoms with van der Waals surface area (Å²) >= 11 is 2.05. The molecule has 0 atom stereocenters. The molecule has 0 bridgehead atoms. The molecule has 0 radical (unpaired) electrons. The maximum Gasteiger partial charge on any atom is 0.194 e. The molecule has 6 heteroatoms. The van der Waals surface area contributed by atoms with E-state index >= 15 is 0 Å². The number of guanidine groups is 1. The van der Waals surface area contributed by atoms with E-state index in [1.807, 2.05) is 0 Å². The number of halogens is 1. The summed E-state index contributed by atoms with van der Waals surface area (Å²) in [5.41, 5.74) is 2.56. The number of hydrogen-bond donors (Lipinski definition) is 1. The van der Waals surface area contributed by atoms with Crippen LogP contribution in [0.5, 0.6) is 0 Å². The lowest BCUT2D eigenvalue weighted by atomic mass is 10.2. The molecule has 0 aromatic heterocycles. The molecule has 1 aromatic carbocycles. The summed E-state index contributed by atoms with van der Waals surface area (Å²) in [5, 5.41) is 3.48. The van der Waals surface area contributed by atoms with Crippen molar-refractivity contribution >= 4 is 47.4 Å². The number of benzene rings is 1. The monoisotopic (exact) mass is 486 g/mol. The van der Waals surface area contributed by atoms with Crippen molar-refractivity contribution in [3.8, 4) is 0 Å². The summed E-state index contributed by atoms with van der Waals surface area (Å²) in [5.74, 6) is 2.21. The van der Waals surface area contributed by atoms with Crippen LogP contribution in [0.2, 0.25) is 0 Å². The summed E-state index contributed by atoms with van der Waals surface area (Å²) < 4.78 is 0.289. The Bertz CT molecular complexity index is 636. The van der Waals surface area contributed by atoms with E-state index in [9.17, 15) is 0 Å². The van der Waals surface area contributed by atoms with Gasteiger partial charge in [0.05, 0.1) is 6.54 Å². The number of aliphatic imine (C=N–C) groups is 1. The van der Waals surface area contributed by atoms with E-state index in [0.717, 1.165) is 51.0 Å². The summed E-state index contributed by atoms with van der Waals surface area (Å²) in [7, 11) is 0. The lowest BCUT2D eigenvalue weighted by Crippen LogP contribution is -2.50. The van der Waals surface area contributed by atoms with E-state index in [4.69, 9.17) is 4.99 Å². The molecule has 0 amide bonds. The van der Waals surface area contributed by atoms with Crippen molar-refractivity contribution in [3.05, 3.63) is 42.0 Å². The third-order valence-electron chi connectivity index (χ3n) is 4.57. The molecule has 0 saturated carbocycles. The van der Waals surface area contributed by atoms with Gasteiger partial charge in [0.25, 0.3) is 0 Å². The first-order valence-electron chi connectivity index (χ1n) is 9.23. The van der Waals surface area contributed by atoms with E-state index in [0.29, 0.717) is 0 Å². The van der Waals surface area contributed by atoms with Crippen molar-refractivity contribution in [1.29, 1.82) is 0 Å². The highest BCUT2D eigenvalue weighted by Gasteiger charge is 2.28. The summed E-state index contributed by atoms with van der Waals surface area (Å²) in [6, 6.07) is 8.79. The van der Waals surface area contributed by atoms with Gasteiger partial charge in [0, 0.05) is 48.9 Å². The van der Waals surface area contributed by atoms with Gasteiger partial charge in [-0.25, -0.2) is 4.99 Å². The van der Waals surface area contributed by atoms with Crippen molar-refractivity contribution < 1.29 is 0 Å². The first-order chi connectivity index (χ1) is 12.1. The molecule has 1 saturated heterocycles. The van der Waals surface area contributed by atoms with Crippen LogP contribution in [0.4, 0.5) is 5.69 Å². The van der Waals surface area contributed by atoms with Crippen molar-refractivity contribution in [2.24, 2.45) is 4.99 Å². The Morgan fingerprint density at radius 3 is 2.73 bits per heavy atom. The zero-order chi connectivity index (χ0) is 17.7. The predicted molar refractivity (Wildman–Crippen MR) is 126 cm³/mol. The van der Waals surface area contributed by atoms with Crippen LogP contribution in [-0.4, -0.2) is 54.1 Å². The molecule has 0 spiro atoms. The highest BCUT2D eigenvalue weighted by Crippen LogP contribution is 2.29. The molecule has 144 valence electrons. The highest BCUT2D eigenvalue weighted by molar-refractivity contribution is 14.0. The van der Waals surface area contributed by atoms with Crippen molar-refractivity contribution in [3.63, 3.8) is 0 Å². The fourth-order valence-corrected chi connectivity index (χ4v) is 4.44. The van der Waals surface area contributed by atoms with Gasteiger partial charge < -0.3 is 15.1 Å². The van der Waals surface area contributed by atoms with Crippen LogP contribution < -0.4 is 10.2 Å². The lowest BCUT2D eigenvalue weighted by Gasteiger charge is -2.39. The molecule has 2 aliphatic heterocycles. The molecule has 2 aliphatic rings. The Hall–Kier alpha value is -0.890. The number of anilines is 1. The number of nitrogens with one attached hydrogen (secondary N) is 1. The summed E-state index contributed by atoms with van der Waals surface area (Å²) in [6.45, 7) is 12.5. The number of nitrogens with zero attached hydrogens (tertiary/aromatic N) is 3. The SMILES string of the molecule is CCNC(=NCc1cccc(N2CC=CC2)c1)N1CCSC(C)(C)C1.I. The Balaban J connectivity index is 0.00000243. The zero-order valence-corrected chi connectivity index (χ0v) is 19.2. The van der Waals surface area contributed by atoms with Crippen LogP contribution in [0.1, 0.15) is 26.3 Å². The molecule has 0 aliphatic carbocycles. The van der Waals surface area contributed by atoms with Crippen LogP contribution in [0, 0.1) is 0 Å². The maximum atomic E-state index is 4.93. The van der Waals surface area contributed by atoms with Crippen molar-refractivity contribution in [1.82, 2.24) is 10.2 Å². The minimum atomic E-state index is 0. The average Bonchev–Trinajstić information content (AvgIpc) is 3.12. The average molecular weight is 486 g/mol. The molecule has 2 heterocycles. The first kappa shape index (κ1) is 21.4. The zero-order valence-electron chi connectivity index (χ0n) is 16.1. The maximum absolute atomic E-state index is 4.93. The van der Waals surface area contributed by atoms with Crippen LogP contribution in [0.3, 0.4) is 0 Å². The Morgan fingerprint density at radius 2 is 2.04 bits per heavy atom. The molecule has 4 nitrogen and oxygen atoms in total. The minimum Gasteiger partial charge on any atom is -0.364 e. The molecule has 1 fully saturated rings. The largest absolute Gasteiger partial charge is 0.364 e. The topological polar surface area (TPSA) is 30.9 Å². The highest BCUT2D eigenvalue weighted by atomic mass is 127. The van der Waals surface area contributed by atoms with Gasteiger partial charge in [-0.3, -0.25) is 0 Å². The summed E-state index contributed by atoms with van der Waals surface area (Å²) in [4.78, 5) is 9.72. The van der Waals surface area contributed by atoms with Crippen LogP contribution >= 0.6 is 35.7 Å². The predicted octanol–water partition coefficient (Wildman–Crippen LogP) is 3.97. The van der Waals surface area contributed by atoms with E-state index < -0.39 is 0 Å². The van der Waals surface area contributed by atoms with Gasteiger partial charge in [-0.2, -0.15) is 11.8 Å². The van der Waals surface area contributed by atoms with E-state index in [2.05, 4.69) is 84.1 Å². The molecule has 0 unspecified atom stereocenters. The second-order valence-corrected chi connectivity index (χ2v) is 9.05. The van der Waals surface area contributed by atoms with Gasteiger partial charge in [-0.15, -0.1) is 24.0 Å². The van der Waals surface area contributed by atoms with E-state index in [1.165, 1.54) is 11.3 Å². The second kappa shape index (κ2) is 9.88. The van der Waals surface area contributed by atoms with Gasteiger partial charge in [0.1, 0.15) is 0 Å². The standard InChI is InChI=1S/C20H30N4S.HI/c1-4-21-19(24-12-13-25-20(2,3)16-24)22-15-17-8-7-9-18(14-17)23-10-5-6-11-23;/h5-9,14H,4,10-13,15-16H2,1-3H3,(H,21,22);1H. The third-order valence-corrected chi connectivity index (χ3v) is 5.86. The number of rotatable bonds is 4. The molecule has 3 rings (SSSR count). The van der Waals surface area contributed by atoms with Crippen LogP contribution in [0.25, 0.3) is 0 Å². The van der Waals surface area contributed by atoms with Gasteiger partial charge in [-0.05, 0) is 38.5 Å². The smallest absolute Gasteiger partial charge is 0.194 e. The van der Waals surface area contributed by atoms with E-state index in [-0.39, 0.29) is 28.7 Å². The Morgan fingerprint density at radius 1 is 1.27 bits per heavy atom. The number of thioether (sulfide) groups is 1. The van der Waals surface area contributed by atoms with Gasteiger partial charge in [0.15, 0.2) is 5.96 Å². The normalized spacial score (nSPS) is 19.4. The third kappa shape index (κ3) is 5.81. The molecular formula is C20H31IN4S. The molecular weight excluding hydrogens is 455 g/mol.